The molecule has 14 heavy (non-hydrogen) atoms. The molecule has 0 aliphatic rings. The number of halogens is 1. The van der Waals surface area contributed by atoms with Crippen LogP contribution in [0.2, 0.25) is 0 Å². The summed E-state index contributed by atoms with van der Waals surface area (Å²) in [6.07, 6.45) is 3.65. The minimum atomic E-state index is -0.0713. The molecule has 74 valence electrons. The Kier molecular flexibility index (Phi) is 4.13. The Bertz CT molecular complexity index is 324. The minimum Gasteiger partial charge on any atom is -0.351 e. The molecular weight excluding hydrogens is 200 g/mol. The first kappa shape index (κ1) is 10.7. The zero-order valence-corrected chi connectivity index (χ0v) is 8.42. The molecule has 0 atom stereocenters. The fourth-order valence-corrected chi connectivity index (χ4v) is 1.01. The SMILES string of the molecule is C=C(Cl)CNC(=O)Cc1ccncc1. The van der Waals surface area contributed by atoms with Crippen molar-refractivity contribution in [2.75, 3.05) is 6.54 Å². The average molecular weight is 211 g/mol. The third-order valence-electron chi connectivity index (χ3n) is 1.59. The topological polar surface area (TPSA) is 42.0 Å². The second-order valence-electron chi connectivity index (χ2n) is 2.83. The van der Waals surface area contributed by atoms with E-state index in [0.717, 1.165) is 5.56 Å². The van der Waals surface area contributed by atoms with Gasteiger partial charge in [0.1, 0.15) is 0 Å². The van der Waals surface area contributed by atoms with Gasteiger partial charge in [-0.15, -0.1) is 0 Å². The van der Waals surface area contributed by atoms with E-state index in [-0.39, 0.29) is 5.91 Å². The summed E-state index contributed by atoms with van der Waals surface area (Å²) in [5.74, 6) is -0.0713. The molecular formula is C10H11ClN2O. The predicted molar refractivity (Wildman–Crippen MR) is 55.9 cm³/mol. The van der Waals surface area contributed by atoms with E-state index in [0.29, 0.717) is 18.0 Å². The molecule has 1 aromatic heterocycles. The summed E-state index contributed by atoms with van der Waals surface area (Å²) in [6.45, 7) is 3.79. The first-order chi connectivity index (χ1) is 6.68. The molecule has 3 nitrogen and oxygen atoms in total. The highest BCUT2D eigenvalue weighted by molar-refractivity contribution is 6.29. The molecule has 1 rings (SSSR count). The summed E-state index contributed by atoms with van der Waals surface area (Å²) < 4.78 is 0. The predicted octanol–water partition coefficient (Wildman–Crippen LogP) is 1.49. The Morgan fingerprint density at radius 1 is 1.50 bits per heavy atom. The average Bonchev–Trinajstić information content (AvgIpc) is 2.16. The van der Waals surface area contributed by atoms with Gasteiger partial charge in [0, 0.05) is 17.4 Å². The van der Waals surface area contributed by atoms with Crippen molar-refractivity contribution in [2.24, 2.45) is 0 Å². The Morgan fingerprint density at radius 2 is 2.14 bits per heavy atom. The van der Waals surface area contributed by atoms with E-state index in [4.69, 9.17) is 11.6 Å². The number of hydrogen-bond acceptors (Lipinski definition) is 2. The molecule has 0 saturated carbocycles. The summed E-state index contributed by atoms with van der Waals surface area (Å²) in [7, 11) is 0. The van der Waals surface area contributed by atoms with Gasteiger partial charge in [-0.1, -0.05) is 18.2 Å². The Hall–Kier alpha value is -1.35. The number of amides is 1. The number of carbonyl (C=O) groups is 1. The third kappa shape index (κ3) is 4.05. The van der Waals surface area contributed by atoms with Gasteiger partial charge in [0.05, 0.1) is 13.0 Å². The van der Waals surface area contributed by atoms with Crippen LogP contribution in [0.1, 0.15) is 5.56 Å². The largest absolute Gasteiger partial charge is 0.351 e. The van der Waals surface area contributed by atoms with Crippen molar-refractivity contribution in [3.63, 3.8) is 0 Å². The van der Waals surface area contributed by atoms with E-state index in [9.17, 15) is 4.79 Å². The van der Waals surface area contributed by atoms with Crippen LogP contribution in [0.15, 0.2) is 36.1 Å². The fraction of sp³-hybridized carbons (Fsp3) is 0.200. The summed E-state index contributed by atoms with van der Waals surface area (Å²) >= 11 is 5.51. The van der Waals surface area contributed by atoms with Gasteiger partial charge in [-0.25, -0.2) is 0 Å². The highest BCUT2D eigenvalue weighted by Gasteiger charge is 2.01. The number of pyridine rings is 1. The van der Waals surface area contributed by atoms with Crippen molar-refractivity contribution in [3.05, 3.63) is 41.7 Å². The molecule has 0 aromatic carbocycles. The molecule has 1 aromatic rings. The zero-order valence-electron chi connectivity index (χ0n) is 7.66. The Morgan fingerprint density at radius 3 is 2.71 bits per heavy atom. The maximum absolute atomic E-state index is 11.3. The standard InChI is InChI=1S/C10H11ClN2O/c1-8(11)7-13-10(14)6-9-2-4-12-5-3-9/h2-5H,1,6-7H2,(H,13,14). The number of carbonyl (C=O) groups excluding carboxylic acids is 1. The first-order valence-electron chi connectivity index (χ1n) is 4.17. The highest BCUT2D eigenvalue weighted by atomic mass is 35.5. The van der Waals surface area contributed by atoms with Crippen molar-refractivity contribution in [2.45, 2.75) is 6.42 Å². The van der Waals surface area contributed by atoms with Crippen LogP contribution >= 0.6 is 11.6 Å². The second kappa shape index (κ2) is 5.40. The number of nitrogens with one attached hydrogen (secondary N) is 1. The van der Waals surface area contributed by atoms with Crippen LogP contribution in [0, 0.1) is 0 Å². The minimum absolute atomic E-state index is 0.0713. The van der Waals surface area contributed by atoms with E-state index in [1.807, 2.05) is 0 Å². The lowest BCUT2D eigenvalue weighted by molar-refractivity contribution is -0.120. The summed E-state index contributed by atoms with van der Waals surface area (Å²) in [6, 6.07) is 3.60. The molecule has 1 heterocycles. The zero-order chi connectivity index (χ0) is 10.4. The van der Waals surface area contributed by atoms with Gasteiger partial charge in [0.25, 0.3) is 0 Å². The lowest BCUT2D eigenvalue weighted by Gasteiger charge is -2.03. The van der Waals surface area contributed by atoms with Crippen LogP contribution in [0.4, 0.5) is 0 Å². The Balaban J connectivity index is 2.38. The summed E-state index contributed by atoms with van der Waals surface area (Å²) in [5, 5.41) is 3.06. The molecule has 0 radical (unpaired) electrons. The summed E-state index contributed by atoms with van der Waals surface area (Å²) in [4.78, 5) is 15.1. The van der Waals surface area contributed by atoms with Crippen LogP contribution < -0.4 is 5.32 Å². The van der Waals surface area contributed by atoms with Crippen LogP contribution in [0.25, 0.3) is 0 Å². The Labute approximate surface area is 87.8 Å². The second-order valence-corrected chi connectivity index (χ2v) is 3.36. The fourth-order valence-electron chi connectivity index (χ4n) is 0.943. The van der Waals surface area contributed by atoms with E-state index in [2.05, 4.69) is 16.9 Å². The molecule has 0 aliphatic carbocycles. The summed E-state index contributed by atoms with van der Waals surface area (Å²) in [5.41, 5.74) is 0.928. The molecule has 0 unspecified atom stereocenters. The lowest BCUT2D eigenvalue weighted by Crippen LogP contribution is -2.26. The molecule has 0 spiro atoms. The molecule has 4 heteroatoms. The van der Waals surface area contributed by atoms with E-state index in [1.54, 1.807) is 24.5 Å². The van der Waals surface area contributed by atoms with Crippen LogP contribution in [-0.2, 0) is 11.2 Å². The maximum Gasteiger partial charge on any atom is 0.224 e. The molecule has 1 N–H and O–H groups in total. The van der Waals surface area contributed by atoms with Gasteiger partial charge in [-0.2, -0.15) is 0 Å². The van der Waals surface area contributed by atoms with E-state index >= 15 is 0 Å². The van der Waals surface area contributed by atoms with Gasteiger partial charge < -0.3 is 5.32 Å². The van der Waals surface area contributed by atoms with E-state index in [1.165, 1.54) is 0 Å². The van der Waals surface area contributed by atoms with Crippen LogP contribution in [0.3, 0.4) is 0 Å². The van der Waals surface area contributed by atoms with Crippen molar-refractivity contribution in [3.8, 4) is 0 Å². The maximum atomic E-state index is 11.3. The monoisotopic (exact) mass is 210 g/mol. The molecule has 1 amide bonds. The number of hydrogen-bond donors (Lipinski definition) is 1. The van der Waals surface area contributed by atoms with E-state index < -0.39 is 0 Å². The van der Waals surface area contributed by atoms with Crippen LogP contribution in [-0.4, -0.2) is 17.4 Å². The lowest BCUT2D eigenvalue weighted by atomic mass is 10.2. The molecule has 0 aliphatic heterocycles. The highest BCUT2D eigenvalue weighted by Crippen LogP contribution is 1.98. The first-order valence-corrected chi connectivity index (χ1v) is 4.55. The van der Waals surface area contributed by atoms with Gasteiger partial charge in [-0.05, 0) is 17.7 Å². The number of rotatable bonds is 4. The third-order valence-corrected chi connectivity index (χ3v) is 1.73. The van der Waals surface area contributed by atoms with Crippen LogP contribution in [0.5, 0.6) is 0 Å². The molecule has 0 fully saturated rings. The quantitative estimate of drug-likeness (QED) is 0.818. The van der Waals surface area contributed by atoms with Gasteiger partial charge in [0.2, 0.25) is 5.91 Å². The van der Waals surface area contributed by atoms with Crippen molar-refractivity contribution in [1.82, 2.24) is 10.3 Å². The van der Waals surface area contributed by atoms with Gasteiger partial charge in [0.15, 0.2) is 0 Å². The van der Waals surface area contributed by atoms with Gasteiger partial charge >= 0.3 is 0 Å². The molecule has 0 bridgehead atoms. The molecule has 0 saturated heterocycles. The van der Waals surface area contributed by atoms with Crippen molar-refractivity contribution in [1.29, 1.82) is 0 Å². The smallest absolute Gasteiger partial charge is 0.224 e. The van der Waals surface area contributed by atoms with Gasteiger partial charge in [-0.3, -0.25) is 9.78 Å². The normalized spacial score (nSPS) is 9.50. The number of aromatic nitrogens is 1. The van der Waals surface area contributed by atoms with Crippen molar-refractivity contribution < 1.29 is 4.79 Å². The number of nitrogens with zero attached hydrogens (tertiary/aromatic N) is 1. The van der Waals surface area contributed by atoms with Crippen molar-refractivity contribution >= 4 is 17.5 Å².